The molecule has 1 N–H and O–H groups in total. The molecule has 1 fully saturated rings. The normalized spacial score (nSPS) is 33.3. The average molecular weight is 288 g/mol. The Balaban J connectivity index is 1.87. The molecule has 1 aromatic carbocycles. The van der Waals surface area contributed by atoms with Crippen LogP contribution in [0.15, 0.2) is 24.3 Å². The van der Waals surface area contributed by atoms with Gasteiger partial charge in [0.2, 0.25) is 0 Å². The molecule has 4 atom stereocenters. The zero-order valence-corrected chi connectivity index (χ0v) is 13.5. The molecule has 0 spiro atoms. The van der Waals surface area contributed by atoms with E-state index in [1.807, 2.05) is 0 Å². The number of nitrogens with one attached hydrogen (secondary N) is 1. The molecule has 0 amide bonds. The highest BCUT2D eigenvalue weighted by Crippen LogP contribution is 2.36. The van der Waals surface area contributed by atoms with E-state index in [9.17, 15) is 0 Å². The lowest BCUT2D eigenvalue weighted by atomic mass is 9.88. The predicted molar refractivity (Wildman–Crippen MR) is 86.7 cm³/mol. The maximum Gasteiger partial charge on any atom is 0.124 e. The predicted octanol–water partition coefficient (Wildman–Crippen LogP) is 3.22. The molecule has 0 radical (unpaired) electrons. The van der Waals surface area contributed by atoms with Gasteiger partial charge in [-0.3, -0.25) is 4.90 Å². The molecule has 3 heteroatoms. The van der Waals surface area contributed by atoms with E-state index in [-0.39, 0.29) is 0 Å². The van der Waals surface area contributed by atoms with Gasteiger partial charge in [-0.25, -0.2) is 0 Å². The topological polar surface area (TPSA) is 24.5 Å². The van der Waals surface area contributed by atoms with Crippen LogP contribution in [0.1, 0.15) is 45.2 Å². The second-order valence-electron chi connectivity index (χ2n) is 6.68. The summed E-state index contributed by atoms with van der Waals surface area (Å²) in [6.45, 7) is 9.92. The SMILES string of the molecule is CCNC1c2ccccc2OCC1N1CC(C)CCC1C. The zero-order chi connectivity index (χ0) is 14.8. The van der Waals surface area contributed by atoms with Crippen molar-refractivity contribution in [1.29, 1.82) is 0 Å². The molecule has 116 valence electrons. The summed E-state index contributed by atoms with van der Waals surface area (Å²) in [6.07, 6.45) is 2.66. The van der Waals surface area contributed by atoms with Crippen LogP contribution in [0.4, 0.5) is 0 Å². The summed E-state index contributed by atoms with van der Waals surface area (Å²) in [5, 5.41) is 3.70. The Bertz CT molecular complexity index is 476. The van der Waals surface area contributed by atoms with Crippen molar-refractivity contribution < 1.29 is 4.74 Å². The van der Waals surface area contributed by atoms with Crippen LogP contribution in [-0.2, 0) is 0 Å². The summed E-state index contributed by atoms with van der Waals surface area (Å²) in [4.78, 5) is 2.68. The van der Waals surface area contributed by atoms with Crippen LogP contribution in [0.3, 0.4) is 0 Å². The number of hydrogen-bond donors (Lipinski definition) is 1. The van der Waals surface area contributed by atoms with Crippen LogP contribution in [-0.4, -0.2) is 36.7 Å². The van der Waals surface area contributed by atoms with Gasteiger partial charge in [-0.2, -0.15) is 0 Å². The molecule has 4 unspecified atom stereocenters. The van der Waals surface area contributed by atoms with Crippen LogP contribution >= 0.6 is 0 Å². The van der Waals surface area contributed by atoms with Gasteiger partial charge in [-0.05, 0) is 38.3 Å². The van der Waals surface area contributed by atoms with Gasteiger partial charge in [-0.1, -0.05) is 32.0 Å². The second kappa shape index (κ2) is 6.37. The number of nitrogens with zero attached hydrogens (tertiary/aromatic N) is 1. The van der Waals surface area contributed by atoms with E-state index in [1.54, 1.807) is 0 Å². The van der Waals surface area contributed by atoms with Crippen molar-refractivity contribution in [3.63, 3.8) is 0 Å². The van der Waals surface area contributed by atoms with Gasteiger partial charge >= 0.3 is 0 Å². The molecule has 21 heavy (non-hydrogen) atoms. The summed E-state index contributed by atoms with van der Waals surface area (Å²) < 4.78 is 6.07. The summed E-state index contributed by atoms with van der Waals surface area (Å²) >= 11 is 0. The monoisotopic (exact) mass is 288 g/mol. The molecule has 2 aliphatic heterocycles. The van der Waals surface area contributed by atoms with Crippen molar-refractivity contribution in [2.45, 2.75) is 51.7 Å². The minimum absolute atomic E-state index is 0.382. The first-order valence-electron chi connectivity index (χ1n) is 8.41. The number of piperidine rings is 1. The number of fused-ring (bicyclic) bond motifs is 1. The van der Waals surface area contributed by atoms with Gasteiger partial charge in [0.1, 0.15) is 12.4 Å². The number of likely N-dealkylation sites (tertiary alicyclic amines) is 1. The van der Waals surface area contributed by atoms with Gasteiger partial charge in [0, 0.05) is 18.2 Å². The fraction of sp³-hybridized carbons (Fsp3) is 0.667. The summed E-state index contributed by atoms with van der Waals surface area (Å²) in [6, 6.07) is 9.97. The molecule has 0 aliphatic carbocycles. The maximum atomic E-state index is 6.07. The van der Waals surface area contributed by atoms with E-state index in [1.165, 1.54) is 24.9 Å². The number of benzene rings is 1. The lowest BCUT2D eigenvalue weighted by molar-refractivity contribution is 0.0212. The molecule has 1 saturated heterocycles. The van der Waals surface area contributed by atoms with Gasteiger partial charge in [-0.15, -0.1) is 0 Å². The van der Waals surface area contributed by atoms with Crippen molar-refractivity contribution in [1.82, 2.24) is 10.2 Å². The molecule has 3 rings (SSSR count). The van der Waals surface area contributed by atoms with Crippen molar-refractivity contribution in [3.05, 3.63) is 29.8 Å². The van der Waals surface area contributed by atoms with Gasteiger partial charge in [0.15, 0.2) is 0 Å². The Labute approximate surface area is 128 Å². The minimum atomic E-state index is 0.382. The number of para-hydroxylation sites is 1. The third kappa shape index (κ3) is 2.95. The lowest BCUT2D eigenvalue weighted by Gasteiger charge is -2.47. The van der Waals surface area contributed by atoms with Crippen molar-refractivity contribution in [3.8, 4) is 5.75 Å². The first-order chi connectivity index (χ1) is 10.2. The molecule has 0 saturated carbocycles. The van der Waals surface area contributed by atoms with Gasteiger partial charge in [0.25, 0.3) is 0 Å². The average Bonchev–Trinajstić information content (AvgIpc) is 2.50. The fourth-order valence-electron chi connectivity index (χ4n) is 3.89. The van der Waals surface area contributed by atoms with E-state index in [4.69, 9.17) is 4.74 Å². The standard InChI is InChI=1S/C18H28N2O/c1-4-19-18-15-7-5-6-8-17(15)21-12-16(18)20-11-13(2)9-10-14(20)3/h5-8,13-14,16,18-19H,4,9-12H2,1-3H3. The third-order valence-electron chi connectivity index (χ3n) is 5.06. The Morgan fingerprint density at radius 3 is 2.86 bits per heavy atom. The molecule has 2 aliphatic rings. The van der Waals surface area contributed by atoms with Crippen LogP contribution < -0.4 is 10.1 Å². The molecule has 0 bridgehead atoms. The first kappa shape index (κ1) is 14.9. The first-order valence-corrected chi connectivity index (χ1v) is 8.41. The Morgan fingerprint density at radius 2 is 2.05 bits per heavy atom. The Hall–Kier alpha value is -1.06. The summed E-state index contributed by atoms with van der Waals surface area (Å²) in [7, 11) is 0. The molecular formula is C18H28N2O. The van der Waals surface area contributed by atoms with Crippen LogP contribution in [0.25, 0.3) is 0 Å². The van der Waals surface area contributed by atoms with E-state index >= 15 is 0 Å². The fourth-order valence-corrected chi connectivity index (χ4v) is 3.89. The van der Waals surface area contributed by atoms with Crippen LogP contribution in [0, 0.1) is 5.92 Å². The van der Waals surface area contributed by atoms with E-state index in [2.05, 4.69) is 55.3 Å². The highest BCUT2D eigenvalue weighted by Gasteiger charge is 2.38. The lowest BCUT2D eigenvalue weighted by Crippen LogP contribution is -2.56. The van der Waals surface area contributed by atoms with E-state index < -0.39 is 0 Å². The molecule has 2 heterocycles. The van der Waals surface area contributed by atoms with E-state index in [0.717, 1.165) is 24.8 Å². The third-order valence-corrected chi connectivity index (χ3v) is 5.06. The number of ether oxygens (including phenoxy) is 1. The molecule has 3 nitrogen and oxygen atoms in total. The minimum Gasteiger partial charge on any atom is -0.492 e. The largest absolute Gasteiger partial charge is 0.492 e. The number of hydrogen-bond acceptors (Lipinski definition) is 3. The van der Waals surface area contributed by atoms with Crippen LogP contribution in [0.5, 0.6) is 5.75 Å². The van der Waals surface area contributed by atoms with Gasteiger partial charge in [0.05, 0.1) is 12.1 Å². The van der Waals surface area contributed by atoms with Crippen molar-refractivity contribution in [2.24, 2.45) is 5.92 Å². The van der Waals surface area contributed by atoms with Crippen molar-refractivity contribution >= 4 is 0 Å². The Morgan fingerprint density at radius 1 is 1.24 bits per heavy atom. The van der Waals surface area contributed by atoms with Crippen LogP contribution in [0.2, 0.25) is 0 Å². The number of rotatable bonds is 3. The highest BCUT2D eigenvalue weighted by atomic mass is 16.5. The molecular weight excluding hydrogens is 260 g/mol. The highest BCUT2D eigenvalue weighted by molar-refractivity contribution is 5.39. The molecule has 1 aromatic rings. The van der Waals surface area contributed by atoms with Crippen molar-refractivity contribution in [2.75, 3.05) is 19.7 Å². The van der Waals surface area contributed by atoms with E-state index in [0.29, 0.717) is 18.1 Å². The quantitative estimate of drug-likeness (QED) is 0.924. The van der Waals surface area contributed by atoms with Gasteiger partial charge < -0.3 is 10.1 Å². The Kier molecular flexibility index (Phi) is 4.51. The number of likely N-dealkylation sites (N-methyl/N-ethyl adjacent to an activating group) is 1. The maximum absolute atomic E-state index is 6.07. The zero-order valence-electron chi connectivity index (χ0n) is 13.5. The smallest absolute Gasteiger partial charge is 0.124 e. The second-order valence-corrected chi connectivity index (χ2v) is 6.68. The summed E-state index contributed by atoms with van der Waals surface area (Å²) in [5.74, 6) is 1.85. The molecule has 0 aromatic heterocycles. The summed E-state index contributed by atoms with van der Waals surface area (Å²) in [5.41, 5.74) is 1.32.